The number of rotatable bonds is 6. The minimum absolute atomic E-state index is 0.0594. The van der Waals surface area contributed by atoms with Crippen molar-refractivity contribution in [1.82, 2.24) is 25.3 Å². The summed E-state index contributed by atoms with van der Waals surface area (Å²) in [6, 6.07) is 7.95. The standard InChI is InChI=1S/C22H19N5O3/c1-12-20(26-21(24-12)19(28)6-5-18-7-8-23-29-18)15-4-3-14-9-17(11-16(14)10-15)22-25-13(2)27-30-22/h3-4,7-8,10-11H,5-6,9H2,1-2H3,(H,24,26). The van der Waals surface area contributed by atoms with Gasteiger partial charge in [-0.1, -0.05) is 22.4 Å². The molecule has 8 nitrogen and oxygen atoms in total. The van der Waals surface area contributed by atoms with Crippen molar-refractivity contribution in [2.45, 2.75) is 33.1 Å². The lowest BCUT2D eigenvalue weighted by Gasteiger charge is -2.03. The van der Waals surface area contributed by atoms with E-state index in [9.17, 15) is 4.79 Å². The molecule has 3 aromatic heterocycles. The van der Waals surface area contributed by atoms with Crippen LogP contribution in [0.4, 0.5) is 0 Å². The molecule has 0 fully saturated rings. The maximum absolute atomic E-state index is 12.5. The monoisotopic (exact) mass is 401 g/mol. The van der Waals surface area contributed by atoms with Crippen LogP contribution in [0.5, 0.6) is 0 Å². The van der Waals surface area contributed by atoms with E-state index in [1.54, 1.807) is 19.2 Å². The first-order chi connectivity index (χ1) is 14.6. The summed E-state index contributed by atoms with van der Waals surface area (Å²) in [5, 5.41) is 7.53. The molecule has 0 amide bonds. The van der Waals surface area contributed by atoms with Gasteiger partial charge >= 0.3 is 0 Å². The maximum Gasteiger partial charge on any atom is 0.254 e. The molecule has 0 radical (unpaired) electrons. The largest absolute Gasteiger partial charge is 0.361 e. The van der Waals surface area contributed by atoms with Gasteiger partial charge in [-0.05, 0) is 37.1 Å². The van der Waals surface area contributed by atoms with E-state index in [1.165, 1.54) is 5.56 Å². The number of Topliss-reactive ketones (excluding diaryl/α,β-unsaturated/α-hetero) is 1. The van der Waals surface area contributed by atoms with Crippen LogP contribution in [0.1, 0.15) is 51.3 Å². The molecule has 0 bridgehead atoms. The van der Waals surface area contributed by atoms with Crippen LogP contribution in [0.15, 0.2) is 39.5 Å². The number of benzene rings is 1. The third-order valence-electron chi connectivity index (χ3n) is 5.17. The average Bonchev–Trinajstić information content (AvgIpc) is 3.51. The van der Waals surface area contributed by atoms with Gasteiger partial charge in [-0.2, -0.15) is 4.98 Å². The normalized spacial score (nSPS) is 12.8. The minimum Gasteiger partial charge on any atom is -0.361 e. The van der Waals surface area contributed by atoms with Gasteiger partial charge in [0.25, 0.3) is 5.89 Å². The number of carbonyl (C=O) groups is 1. The van der Waals surface area contributed by atoms with Crippen molar-refractivity contribution in [3.8, 4) is 11.3 Å². The molecule has 1 aliphatic carbocycles. The van der Waals surface area contributed by atoms with Gasteiger partial charge in [-0.3, -0.25) is 4.79 Å². The highest BCUT2D eigenvalue weighted by molar-refractivity contribution is 5.94. The van der Waals surface area contributed by atoms with Crippen LogP contribution in [0.3, 0.4) is 0 Å². The fraction of sp³-hybridized carbons (Fsp3) is 0.227. The topological polar surface area (TPSA) is 111 Å². The zero-order valence-corrected chi connectivity index (χ0v) is 16.6. The molecule has 0 aliphatic heterocycles. The number of hydrogen-bond donors (Lipinski definition) is 1. The molecule has 5 rings (SSSR count). The summed E-state index contributed by atoms with van der Waals surface area (Å²) >= 11 is 0. The van der Waals surface area contributed by atoms with Crippen LogP contribution in [-0.4, -0.2) is 31.0 Å². The summed E-state index contributed by atoms with van der Waals surface area (Å²) in [6.45, 7) is 3.73. The quantitative estimate of drug-likeness (QED) is 0.487. The van der Waals surface area contributed by atoms with Gasteiger partial charge in [0, 0.05) is 42.2 Å². The van der Waals surface area contributed by atoms with Crippen LogP contribution in [0.25, 0.3) is 22.9 Å². The second-order valence-electron chi connectivity index (χ2n) is 7.37. The fourth-order valence-electron chi connectivity index (χ4n) is 3.65. The van der Waals surface area contributed by atoms with Crippen molar-refractivity contribution >= 4 is 17.4 Å². The van der Waals surface area contributed by atoms with E-state index in [0.717, 1.165) is 34.5 Å². The third-order valence-corrected chi connectivity index (χ3v) is 5.17. The Bertz CT molecular complexity index is 1260. The van der Waals surface area contributed by atoms with Gasteiger partial charge in [0.15, 0.2) is 17.4 Å². The highest BCUT2D eigenvalue weighted by Crippen LogP contribution is 2.34. The van der Waals surface area contributed by atoms with Gasteiger partial charge in [0.1, 0.15) is 5.76 Å². The first kappa shape index (κ1) is 18.2. The Balaban J connectivity index is 1.38. The summed E-state index contributed by atoms with van der Waals surface area (Å²) in [5.74, 6) is 2.16. The highest BCUT2D eigenvalue weighted by Gasteiger charge is 2.21. The Morgan fingerprint density at radius 2 is 2.07 bits per heavy atom. The molecule has 3 heterocycles. The smallest absolute Gasteiger partial charge is 0.254 e. The summed E-state index contributed by atoms with van der Waals surface area (Å²) in [6.07, 6.45) is 5.19. The zero-order valence-electron chi connectivity index (χ0n) is 16.6. The van der Waals surface area contributed by atoms with Crippen LogP contribution in [0.2, 0.25) is 0 Å². The number of aryl methyl sites for hydroxylation is 3. The van der Waals surface area contributed by atoms with Gasteiger partial charge in [0.2, 0.25) is 0 Å². The summed E-state index contributed by atoms with van der Waals surface area (Å²) in [7, 11) is 0. The number of allylic oxidation sites excluding steroid dienone is 1. The molecule has 0 atom stereocenters. The first-order valence-corrected chi connectivity index (χ1v) is 9.71. The first-order valence-electron chi connectivity index (χ1n) is 9.71. The third kappa shape index (κ3) is 3.36. The zero-order chi connectivity index (χ0) is 20.7. The molecule has 0 unspecified atom stereocenters. The number of carbonyl (C=O) groups excluding carboxylic acids is 1. The number of aromatic amines is 1. The van der Waals surface area contributed by atoms with Gasteiger partial charge < -0.3 is 14.0 Å². The van der Waals surface area contributed by atoms with E-state index in [-0.39, 0.29) is 5.78 Å². The van der Waals surface area contributed by atoms with E-state index < -0.39 is 0 Å². The summed E-state index contributed by atoms with van der Waals surface area (Å²) < 4.78 is 10.3. The highest BCUT2D eigenvalue weighted by atomic mass is 16.5. The van der Waals surface area contributed by atoms with E-state index in [4.69, 9.17) is 9.05 Å². The van der Waals surface area contributed by atoms with Gasteiger partial charge in [-0.25, -0.2) is 4.98 Å². The van der Waals surface area contributed by atoms with Crippen molar-refractivity contribution < 1.29 is 13.8 Å². The Morgan fingerprint density at radius 3 is 2.83 bits per heavy atom. The van der Waals surface area contributed by atoms with E-state index in [1.807, 2.05) is 13.0 Å². The van der Waals surface area contributed by atoms with Crippen molar-refractivity contribution in [1.29, 1.82) is 0 Å². The SMILES string of the molecule is Cc1noc(C2=Cc3cc(-c4nc(C(=O)CCc5ccno5)[nH]c4C)ccc3C2)n1. The second-order valence-corrected chi connectivity index (χ2v) is 7.37. The van der Waals surface area contributed by atoms with Crippen molar-refractivity contribution in [2.24, 2.45) is 0 Å². The van der Waals surface area contributed by atoms with Crippen molar-refractivity contribution in [2.75, 3.05) is 0 Å². The summed E-state index contributed by atoms with van der Waals surface area (Å²) in [4.78, 5) is 24.6. The number of ketones is 1. The van der Waals surface area contributed by atoms with Crippen LogP contribution < -0.4 is 0 Å². The maximum atomic E-state index is 12.5. The minimum atomic E-state index is -0.0594. The van der Waals surface area contributed by atoms with Crippen molar-refractivity contribution in [3.05, 3.63) is 70.6 Å². The average molecular weight is 401 g/mol. The Morgan fingerprint density at radius 1 is 1.17 bits per heavy atom. The molecule has 0 spiro atoms. The number of aromatic nitrogens is 5. The predicted octanol–water partition coefficient (Wildman–Crippen LogP) is 3.98. The lowest BCUT2D eigenvalue weighted by molar-refractivity contribution is 0.0971. The van der Waals surface area contributed by atoms with Crippen LogP contribution in [-0.2, 0) is 12.8 Å². The van der Waals surface area contributed by atoms with E-state index >= 15 is 0 Å². The molecule has 30 heavy (non-hydrogen) atoms. The number of H-pyrrole nitrogens is 1. The molecular weight excluding hydrogens is 382 g/mol. The lowest BCUT2D eigenvalue weighted by atomic mass is 10.0. The van der Waals surface area contributed by atoms with E-state index in [2.05, 4.69) is 43.5 Å². The number of hydrogen-bond acceptors (Lipinski definition) is 7. The van der Waals surface area contributed by atoms with Crippen LogP contribution in [0, 0.1) is 13.8 Å². The molecule has 0 saturated heterocycles. The fourth-order valence-corrected chi connectivity index (χ4v) is 3.65. The number of nitrogens with one attached hydrogen (secondary N) is 1. The Kier molecular flexibility index (Phi) is 4.39. The molecule has 8 heteroatoms. The van der Waals surface area contributed by atoms with Gasteiger partial charge in [0.05, 0.1) is 11.9 Å². The Hall–Kier alpha value is -3.81. The molecule has 1 aromatic carbocycles. The predicted molar refractivity (Wildman–Crippen MR) is 109 cm³/mol. The molecule has 1 N–H and O–H groups in total. The molecule has 150 valence electrons. The van der Waals surface area contributed by atoms with E-state index in [0.29, 0.717) is 36.1 Å². The lowest BCUT2D eigenvalue weighted by Crippen LogP contribution is -2.03. The Labute approximate surface area is 172 Å². The summed E-state index contributed by atoms with van der Waals surface area (Å²) in [5.41, 5.74) is 5.88. The number of fused-ring (bicyclic) bond motifs is 1. The number of nitrogens with zero attached hydrogens (tertiary/aromatic N) is 4. The molecule has 0 saturated carbocycles. The second kappa shape index (κ2) is 7.22. The van der Waals surface area contributed by atoms with Crippen molar-refractivity contribution in [3.63, 3.8) is 0 Å². The molecular formula is C22H19N5O3. The number of imidazole rings is 1. The van der Waals surface area contributed by atoms with Crippen LogP contribution >= 0.6 is 0 Å². The molecule has 4 aromatic rings. The van der Waals surface area contributed by atoms with Gasteiger partial charge in [-0.15, -0.1) is 0 Å². The molecule has 1 aliphatic rings.